The Morgan fingerprint density at radius 1 is 1.45 bits per heavy atom. The van der Waals surface area contributed by atoms with Crippen LogP contribution in [-0.2, 0) is 10.0 Å². The van der Waals surface area contributed by atoms with Crippen LogP contribution in [0.15, 0.2) is 23.1 Å². The molecule has 0 aromatic heterocycles. The predicted molar refractivity (Wildman–Crippen MR) is 74.6 cm³/mol. The molecule has 1 aromatic carbocycles. The second kappa shape index (κ2) is 5.37. The summed E-state index contributed by atoms with van der Waals surface area (Å²) in [5, 5.41) is 10.7. The van der Waals surface area contributed by atoms with E-state index >= 15 is 0 Å². The van der Waals surface area contributed by atoms with Crippen molar-refractivity contribution in [2.75, 3.05) is 5.73 Å². The van der Waals surface area contributed by atoms with Gasteiger partial charge in [-0.15, -0.1) is 0 Å². The number of nitro benzene ring substituents is 1. The molecular formula is C12H17N3O4S. The summed E-state index contributed by atoms with van der Waals surface area (Å²) in [5.74, 6) is 0.324. The Hall–Kier alpha value is -1.67. The molecule has 20 heavy (non-hydrogen) atoms. The number of hydrogen-bond acceptors (Lipinski definition) is 5. The lowest BCUT2D eigenvalue weighted by atomic mass is 9.81. The van der Waals surface area contributed by atoms with Crippen LogP contribution in [0.1, 0.15) is 26.2 Å². The summed E-state index contributed by atoms with van der Waals surface area (Å²) in [7, 11) is -3.85. The van der Waals surface area contributed by atoms with Crippen LogP contribution in [0.25, 0.3) is 0 Å². The lowest BCUT2D eigenvalue weighted by Crippen LogP contribution is -2.40. The topological polar surface area (TPSA) is 115 Å². The smallest absolute Gasteiger partial charge is 0.270 e. The molecule has 1 aromatic rings. The van der Waals surface area contributed by atoms with Crippen LogP contribution in [0.3, 0.4) is 0 Å². The van der Waals surface area contributed by atoms with E-state index in [0.29, 0.717) is 5.92 Å². The molecular weight excluding hydrogens is 282 g/mol. The maximum absolute atomic E-state index is 12.3. The first-order valence-electron chi connectivity index (χ1n) is 6.37. The number of hydrogen-bond donors (Lipinski definition) is 2. The molecule has 0 bridgehead atoms. The Kier molecular flexibility index (Phi) is 3.96. The van der Waals surface area contributed by atoms with Gasteiger partial charge >= 0.3 is 0 Å². The number of nitrogens with one attached hydrogen (secondary N) is 1. The molecule has 2 rings (SSSR count). The van der Waals surface area contributed by atoms with E-state index in [9.17, 15) is 18.5 Å². The van der Waals surface area contributed by atoms with E-state index in [-0.39, 0.29) is 22.3 Å². The van der Waals surface area contributed by atoms with E-state index in [1.165, 1.54) is 12.1 Å². The van der Waals surface area contributed by atoms with Crippen LogP contribution >= 0.6 is 0 Å². The zero-order valence-electron chi connectivity index (χ0n) is 11.1. The number of nitrogens with zero attached hydrogens (tertiary/aromatic N) is 1. The summed E-state index contributed by atoms with van der Waals surface area (Å²) in [6, 6.07) is 3.21. The number of rotatable bonds is 5. The molecule has 0 heterocycles. The minimum Gasteiger partial charge on any atom is -0.398 e. The Morgan fingerprint density at radius 3 is 2.60 bits per heavy atom. The monoisotopic (exact) mass is 299 g/mol. The molecule has 1 aliphatic carbocycles. The maximum atomic E-state index is 12.3. The van der Waals surface area contributed by atoms with Gasteiger partial charge in [-0.05, 0) is 31.7 Å². The van der Waals surface area contributed by atoms with Gasteiger partial charge in [-0.1, -0.05) is 6.42 Å². The Bertz CT molecular complexity index is 626. The summed E-state index contributed by atoms with van der Waals surface area (Å²) in [6.07, 6.45) is 3.10. The number of anilines is 1. The molecule has 0 radical (unpaired) electrons. The second-order valence-corrected chi connectivity index (χ2v) is 6.76. The maximum Gasteiger partial charge on any atom is 0.270 e. The van der Waals surface area contributed by atoms with E-state index in [1.807, 2.05) is 0 Å². The average Bonchev–Trinajstić information content (AvgIpc) is 2.25. The quantitative estimate of drug-likeness (QED) is 0.487. The molecule has 3 N–H and O–H groups in total. The largest absolute Gasteiger partial charge is 0.398 e. The molecule has 1 fully saturated rings. The minimum absolute atomic E-state index is 0.00362. The van der Waals surface area contributed by atoms with Crippen molar-refractivity contribution in [3.05, 3.63) is 28.3 Å². The third-order valence-electron chi connectivity index (χ3n) is 3.70. The first-order chi connectivity index (χ1) is 9.31. The normalized spacial score (nSPS) is 17.4. The van der Waals surface area contributed by atoms with Crippen LogP contribution in [-0.4, -0.2) is 19.4 Å². The fourth-order valence-corrected chi connectivity index (χ4v) is 3.68. The Morgan fingerprint density at radius 2 is 2.10 bits per heavy atom. The van der Waals surface area contributed by atoms with Crippen molar-refractivity contribution in [1.82, 2.24) is 4.72 Å². The molecule has 1 unspecified atom stereocenters. The average molecular weight is 299 g/mol. The molecule has 1 aliphatic rings. The highest BCUT2D eigenvalue weighted by atomic mass is 32.2. The highest BCUT2D eigenvalue weighted by molar-refractivity contribution is 7.89. The minimum atomic E-state index is -3.85. The first-order valence-corrected chi connectivity index (χ1v) is 7.86. The standard InChI is InChI=1S/C12H17N3O4S/c1-8(9-3-2-4-9)14-20(18,19)12-7-10(15(16)17)5-6-11(12)13/h5-9,14H,2-4,13H2,1H3. The highest BCUT2D eigenvalue weighted by Gasteiger charge is 2.29. The first kappa shape index (κ1) is 14.7. The van der Waals surface area contributed by atoms with Crippen molar-refractivity contribution in [2.24, 2.45) is 5.92 Å². The molecule has 0 aliphatic heterocycles. The van der Waals surface area contributed by atoms with Gasteiger partial charge in [-0.25, -0.2) is 13.1 Å². The lowest BCUT2D eigenvalue weighted by Gasteiger charge is -2.31. The van der Waals surface area contributed by atoms with Crippen molar-refractivity contribution >= 4 is 21.4 Å². The zero-order chi connectivity index (χ0) is 14.9. The van der Waals surface area contributed by atoms with Crippen LogP contribution in [0.4, 0.5) is 11.4 Å². The van der Waals surface area contributed by atoms with Crippen LogP contribution in [0, 0.1) is 16.0 Å². The molecule has 7 nitrogen and oxygen atoms in total. The molecule has 0 saturated heterocycles. The van der Waals surface area contributed by atoms with Crippen molar-refractivity contribution in [1.29, 1.82) is 0 Å². The van der Waals surface area contributed by atoms with Gasteiger partial charge in [-0.3, -0.25) is 10.1 Å². The molecule has 1 saturated carbocycles. The third-order valence-corrected chi connectivity index (χ3v) is 5.31. The van der Waals surface area contributed by atoms with Gasteiger partial charge in [0.2, 0.25) is 10.0 Å². The number of nitrogens with two attached hydrogens (primary N) is 1. The van der Waals surface area contributed by atoms with Crippen LogP contribution < -0.4 is 10.5 Å². The molecule has 0 amide bonds. The fourth-order valence-electron chi connectivity index (χ4n) is 2.21. The number of sulfonamides is 1. The van der Waals surface area contributed by atoms with Crippen LogP contribution in [0.5, 0.6) is 0 Å². The predicted octanol–water partition coefficient (Wildman–Crippen LogP) is 1.64. The lowest BCUT2D eigenvalue weighted by molar-refractivity contribution is -0.385. The Balaban J connectivity index is 2.28. The van der Waals surface area contributed by atoms with Crippen LogP contribution in [0.2, 0.25) is 0 Å². The second-order valence-electron chi connectivity index (χ2n) is 5.08. The molecule has 8 heteroatoms. The third kappa shape index (κ3) is 2.91. The highest BCUT2D eigenvalue weighted by Crippen LogP contribution is 2.31. The van der Waals surface area contributed by atoms with Gasteiger partial charge in [0.1, 0.15) is 4.90 Å². The van der Waals surface area contributed by atoms with Gasteiger partial charge in [0, 0.05) is 18.2 Å². The van der Waals surface area contributed by atoms with Gasteiger partial charge in [0.25, 0.3) is 5.69 Å². The fraction of sp³-hybridized carbons (Fsp3) is 0.500. The molecule has 1 atom stereocenters. The molecule has 0 spiro atoms. The van der Waals surface area contributed by atoms with Gasteiger partial charge in [0.15, 0.2) is 0 Å². The summed E-state index contributed by atoms with van der Waals surface area (Å²) >= 11 is 0. The van der Waals surface area contributed by atoms with Gasteiger partial charge in [0.05, 0.1) is 10.6 Å². The van der Waals surface area contributed by atoms with Crippen molar-refractivity contribution in [3.63, 3.8) is 0 Å². The number of nitro groups is 1. The molecule has 110 valence electrons. The Labute approximate surface area is 117 Å². The van der Waals surface area contributed by atoms with Gasteiger partial charge < -0.3 is 5.73 Å². The van der Waals surface area contributed by atoms with E-state index in [0.717, 1.165) is 25.3 Å². The van der Waals surface area contributed by atoms with E-state index in [1.54, 1.807) is 6.92 Å². The number of non-ortho nitro benzene ring substituents is 1. The van der Waals surface area contributed by atoms with E-state index in [4.69, 9.17) is 5.73 Å². The van der Waals surface area contributed by atoms with Crippen molar-refractivity contribution in [3.8, 4) is 0 Å². The van der Waals surface area contributed by atoms with Crippen molar-refractivity contribution in [2.45, 2.75) is 37.1 Å². The SMILES string of the molecule is CC(NS(=O)(=O)c1cc([N+](=O)[O-])ccc1N)C1CCC1. The number of benzene rings is 1. The zero-order valence-corrected chi connectivity index (χ0v) is 11.9. The summed E-state index contributed by atoms with van der Waals surface area (Å²) < 4.78 is 27.1. The summed E-state index contributed by atoms with van der Waals surface area (Å²) in [4.78, 5) is 9.84. The number of nitrogen functional groups attached to an aromatic ring is 1. The van der Waals surface area contributed by atoms with Gasteiger partial charge in [-0.2, -0.15) is 0 Å². The van der Waals surface area contributed by atoms with E-state index < -0.39 is 14.9 Å². The van der Waals surface area contributed by atoms with E-state index in [2.05, 4.69) is 4.72 Å². The summed E-state index contributed by atoms with van der Waals surface area (Å²) in [5.41, 5.74) is 5.34. The van der Waals surface area contributed by atoms with Crippen molar-refractivity contribution < 1.29 is 13.3 Å². The summed E-state index contributed by atoms with van der Waals surface area (Å²) in [6.45, 7) is 1.80.